The van der Waals surface area contributed by atoms with E-state index in [1.807, 2.05) is 19.2 Å². The van der Waals surface area contributed by atoms with Gasteiger partial charge in [0.1, 0.15) is 24.3 Å². The number of aromatic amines is 2. The Bertz CT molecular complexity index is 1890. The van der Waals surface area contributed by atoms with E-state index >= 15 is 0 Å². The topological polar surface area (TPSA) is 115 Å². The summed E-state index contributed by atoms with van der Waals surface area (Å²) >= 11 is 0. The molecule has 162 valence electrons. The number of fused-ring (bicyclic) bond motifs is 6. The number of hydrogen-bond donors (Lipinski definition) is 2. The molecule has 0 saturated heterocycles. The Morgan fingerprint density at radius 3 is 2.67 bits per heavy atom. The molecule has 6 aromatic rings. The highest BCUT2D eigenvalue weighted by Crippen LogP contribution is 2.39. The summed E-state index contributed by atoms with van der Waals surface area (Å²) in [5, 5.41) is 5.36. The average Bonchev–Trinajstić information content (AvgIpc) is 3.35. The standard InChI is InChI=1S/C24H16N4O5/c1-28-23-15(10-25-28)20(22-21(27-23)13-3-2-12(29)8-17(13)33-22)14-6-11-7-18-19(32-5-4-31-18)9-16(11)26-24(14)30/h2-3,6-10,25H,4-5H2,1H3,(H,26,30). The second-order valence-electron chi connectivity index (χ2n) is 8.09. The summed E-state index contributed by atoms with van der Waals surface area (Å²) in [6, 6.07) is 10.1. The first-order valence-electron chi connectivity index (χ1n) is 10.4. The Morgan fingerprint density at radius 2 is 1.82 bits per heavy atom. The molecule has 0 bridgehead atoms. The van der Waals surface area contributed by atoms with Gasteiger partial charge in [-0.05, 0) is 24.3 Å². The van der Waals surface area contributed by atoms with E-state index in [0.717, 1.165) is 10.8 Å². The summed E-state index contributed by atoms with van der Waals surface area (Å²) in [5.41, 5.74) is 3.38. The molecule has 0 aliphatic carbocycles. The Balaban J connectivity index is 1.62. The highest BCUT2D eigenvalue weighted by Gasteiger charge is 2.22. The molecule has 1 aliphatic rings. The molecule has 2 N–H and O–H groups in total. The fourth-order valence-corrected chi connectivity index (χ4v) is 4.55. The van der Waals surface area contributed by atoms with Crippen LogP contribution in [0.15, 0.2) is 56.6 Å². The fraction of sp³-hybridized carbons (Fsp3) is 0.125. The molecule has 1 aliphatic heterocycles. The van der Waals surface area contributed by atoms with Crippen molar-refractivity contribution >= 4 is 44.0 Å². The number of nitrogens with zero attached hydrogens (tertiary/aromatic N) is 2. The van der Waals surface area contributed by atoms with Crippen molar-refractivity contribution in [3.63, 3.8) is 0 Å². The number of benzene rings is 2. The van der Waals surface area contributed by atoms with Crippen LogP contribution >= 0.6 is 0 Å². The van der Waals surface area contributed by atoms with Crippen LogP contribution in [-0.2, 0) is 7.05 Å². The Labute approximate surface area is 184 Å². The fourth-order valence-electron chi connectivity index (χ4n) is 4.55. The van der Waals surface area contributed by atoms with Crippen LogP contribution in [0.4, 0.5) is 0 Å². The lowest BCUT2D eigenvalue weighted by molar-refractivity contribution is 0.172. The second kappa shape index (κ2) is 6.26. The molecular formula is C24H16N4O5. The van der Waals surface area contributed by atoms with Crippen molar-refractivity contribution in [1.82, 2.24) is 19.7 Å². The summed E-state index contributed by atoms with van der Waals surface area (Å²) in [6.07, 6.45) is 1.79. The summed E-state index contributed by atoms with van der Waals surface area (Å²) in [6.45, 7) is 0.941. The summed E-state index contributed by atoms with van der Waals surface area (Å²) in [5.74, 6) is 1.24. The SMILES string of the molecule is Cn1[nH]cc2c(-c3cc4cc5c(cc4[nH]c3=O)OCCO5)c3oc4cc(=O)ccc4c3nc21. The van der Waals surface area contributed by atoms with Crippen LogP contribution in [-0.4, -0.2) is 33.0 Å². The molecule has 33 heavy (non-hydrogen) atoms. The van der Waals surface area contributed by atoms with Gasteiger partial charge < -0.3 is 24.0 Å². The average molecular weight is 440 g/mol. The van der Waals surface area contributed by atoms with Crippen molar-refractivity contribution in [3.05, 3.63) is 63.2 Å². The summed E-state index contributed by atoms with van der Waals surface area (Å²) in [4.78, 5) is 33.0. The first-order valence-corrected chi connectivity index (χ1v) is 10.4. The molecule has 0 spiro atoms. The lowest BCUT2D eigenvalue weighted by atomic mass is 10.0. The van der Waals surface area contributed by atoms with Crippen LogP contribution in [0.25, 0.3) is 55.1 Å². The van der Waals surface area contributed by atoms with Crippen molar-refractivity contribution in [3.8, 4) is 22.6 Å². The highest BCUT2D eigenvalue weighted by molar-refractivity contribution is 6.14. The van der Waals surface area contributed by atoms with E-state index in [-0.39, 0.29) is 11.0 Å². The van der Waals surface area contributed by atoms with E-state index in [9.17, 15) is 9.59 Å². The molecule has 2 aromatic carbocycles. The number of rotatable bonds is 1. The van der Waals surface area contributed by atoms with Gasteiger partial charge in [-0.2, -0.15) is 0 Å². The molecule has 5 heterocycles. The molecule has 0 amide bonds. The summed E-state index contributed by atoms with van der Waals surface area (Å²) < 4.78 is 19.2. The minimum absolute atomic E-state index is 0.156. The van der Waals surface area contributed by atoms with Crippen LogP contribution in [0.2, 0.25) is 0 Å². The van der Waals surface area contributed by atoms with Crippen LogP contribution < -0.4 is 20.5 Å². The predicted molar refractivity (Wildman–Crippen MR) is 123 cm³/mol. The molecular weight excluding hydrogens is 424 g/mol. The van der Waals surface area contributed by atoms with E-state index in [4.69, 9.17) is 18.9 Å². The van der Waals surface area contributed by atoms with Crippen LogP contribution in [0.1, 0.15) is 0 Å². The molecule has 0 atom stereocenters. The minimum atomic E-state index is -0.276. The van der Waals surface area contributed by atoms with Crippen LogP contribution in [0.5, 0.6) is 11.5 Å². The Hall–Kier alpha value is -4.53. The molecule has 4 aromatic heterocycles. The Kier molecular flexibility index (Phi) is 3.43. The maximum Gasteiger partial charge on any atom is 0.256 e. The maximum atomic E-state index is 13.3. The van der Waals surface area contributed by atoms with E-state index < -0.39 is 0 Å². The number of ether oxygens (including phenoxy) is 2. The zero-order valence-electron chi connectivity index (χ0n) is 17.4. The van der Waals surface area contributed by atoms with Gasteiger partial charge in [-0.3, -0.25) is 14.3 Å². The Morgan fingerprint density at radius 1 is 1.00 bits per heavy atom. The van der Waals surface area contributed by atoms with E-state index in [1.165, 1.54) is 12.1 Å². The van der Waals surface area contributed by atoms with Crippen LogP contribution in [0.3, 0.4) is 0 Å². The third-order valence-electron chi connectivity index (χ3n) is 6.09. The molecule has 9 nitrogen and oxygen atoms in total. The number of aryl methyl sites for hydroxylation is 1. The number of hydrogen-bond acceptors (Lipinski definition) is 6. The zero-order chi connectivity index (χ0) is 22.3. The third-order valence-corrected chi connectivity index (χ3v) is 6.09. The van der Waals surface area contributed by atoms with Gasteiger partial charge in [0.2, 0.25) is 0 Å². The van der Waals surface area contributed by atoms with E-state index in [2.05, 4.69) is 10.1 Å². The van der Waals surface area contributed by atoms with Gasteiger partial charge in [0, 0.05) is 47.1 Å². The molecule has 0 unspecified atom stereocenters. The predicted octanol–water partition coefficient (Wildman–Crippen LogP) is 3.44. The van der Waals surface area contributed by atoms with Crippen molar-refractivity contribution in [2.45, 2.75) is 0 Å². The molecule has 7 rings (SSSR count). The lowest BCUT2D eigenvalue weighted by Gasteiger charge is -2.19. The highest BCUT2D eigenvalue weighted by atomic mass is 16.6. The largest absolute Gasteiger partial charge is 0.486 e. The number of nitrogens with one attached hydrogen (secondary N) is 2. The number of furan rings is 1. The molecule has 0 radical (unpaired) electrons. The van der Waals surface area contributed by atoms with Gasteiger partial charge in [-0.25, -0.2) is 4.98 Å². The number of aromatic nitrogens is 4. The van der Waals surface area contributed by atoms with Crippen LogP contribution in [0, 0.1) is 0 Å². The third kappa shape index (κ3) is 2.50. The number of pyridine rings is 2. The second-order valence-corrected chi connectivity index (χ2v) is 8.09. The monoisotopic (exact) mass is 440 g/mol. The van der Waals surface area contributed by atoms with E-state index in [1.54, 1.807) is 23.0 Å². The van der Waals surface area contributed by atoms with Crippen molar-refractivity contribution < 1.29 is 13.9 Å². The van der Waals surface area contributed by atoms with E-state index in [0.29, 0.717) is 69.1 Å². The minimum Gasteiger partial charge on any atom is -0.486 e. The quantitative estimate of drug-likeness (QED) is 0.405. The molecule has 0 fully saturated rings. The smallest absolute Gasteiger partial charge is 0.256 e. The first kappa shape index (κ1) is 18.1. The van der Waals surface area contributed by atoms with Gasteiger partial charge in [-0.15, -0.1) is 0 Å². The number of H-pyrrole nitrogens is 2. The van der Waals surface area contributed by atoms with Gasteiger partial charge in [0.25, 0.3) is 5.56 Å². The summed E-state index contributed by atoms with van der Waals surface area (Å²) in [7, 11) is 1.84. The maximum absolute atomic E-state index is 13.3. The lowest BCUT2D eigenvalue weighted by Crippen LogP contribution is -2.16. The zero-order valence-corrected chi connectivity index (χ0v) is 17.4. The first-order chi connectivity index (χ1) is 16.1. The molecule has 9 heteroatoms. The van der Waals surface area contributed by atoms with Gasteiger partial charge >= 0.3 is 0 Å². The van der Waals surface area contributed by atoms with Crippen molar-refractivity contribution in [1.29, 1.82) is 0 Å². The normalized spacial score (nSPS) is 13.5. The molecule has 0 saturated carbocycles. The van der Waals surface area contributed by atoms with Gasteiger partial charge in [0.05, 0.1) is 11.1 Å². The van der Waals surface area contributed by atoms with Gasteiger partial charge in [0.15, 0.2) is 28.2 Å². The van der Waals surface area contributed by atoms with Gasteiger partial charge in [-0.1, -0.05) is 0 Å². The van der Waals surface area contributed by atoms with Crippen molar-refractivity contribution in [2.75, 3.05) is 13.2 Å². The van der Waals surface area contributed by atoms with Crippen molar-refractivity contribution in [2.24, 2.45) is 7.05 Å².